The highest BCUT2D eigenvalue weighted by Gasteiger charge is 2.43. The van der Waals surface area contributed by atoms with Crippen LogP contribution in [0.4, 0.5) is 10.5 Å². The summed E-state index contributed by atoms with van der Waals surface area (Å²) in [7, 11) is 0. The van der Waals surface area contributed by atoms with Gasteiger partial charge in [-0.1, -0.05) is 23.8 Å². The summed E-state index contributed by atoms with van der Waals surface area (Å²) < 4.78 is 0. The van der Waals surface area contributed by atoms with Gasteiger partial charge in [-0.3, -0.25) is 19.4 Å². The molecule has 0 radical (unpaired) electrons. The fourth-order valence-electron chi connectivity index (χ4n) is 2.89. The number of nitrogens with one attached hydrogen (secondary N) is 1. The Bertz CT molecular complexity index is 802. The molecule has 2 aromatic rings. The summed E-state index contributed by atoms with van der Waals surface area (Å²) in [6.45, 7) is 3.85. The molecule has 0 aliphatic carbocycles. The zero-order valence-electron chi connectivity index (χ0n) is 14.8. The predicted octanol–water partition coefficient (Wildman–Crippen LogP) is 2.57. The molecule has 136 valence electrons. The van der Waals surface area contributed by atoms with Gasteiger partial charge >= 0.3 is 6.03 Å². The largest absolute Gasteiger partial charge is 0.354 e. The van der Waals surface area contributed by atoms with Gasteiger partial charge < -0.3 is 5.32 Å². The van der Waals surface area contributed by atoms with E-state index in [4.69, 9.17) is 0 Å². The van der Waals surface area contributed by atoms with E-state index in [2.05, 4.69) is 5.32 Å². The van der Waals surface area contributed by atoms with Gasteiger partial charge in [0.15, 0.2) is 0 Å². The number of carbonyl (C=O) groups is 3. The molecule has 7 heteroatoms. The highest BCUT2D eigenvalue weighted by molar-refractivity contribution is 7.09. The molecule has 1 aliphatic heterocycles. The van der Waals surface area contributed by atoms with Crippen LogP contribution in [0.25, 0.3) is 0 Å². The van der Waals surface area contributed by atoms with Gasteiger partial charge in [-0.15, -0.1) is 11.3 Å². The minimum Gasteiger partial charge on any atom is -0.354 e. The molecule has 1 aromatic heterocycles. The molecule has 2 heterocycles. The first-order chi connectivity index (χ1) is 12.5. The third-order valence-electron chi connectivity index (χ3n) is 4.34. The number of amides is 4. The molecule has 1 saturated heterocycles. The molecule has 1 N–H and O–H groups in total. The number of aryl methyl sites for hydroxylation is 1. The van der Waals surface area contributed by atoms with Crippen molar-refractivity contribution in [3.8, 4) is 0 Å². The molecule has 0 spiro atoms. The topological polar surface area (TPSA) is 69.7 Å². The van der Waals surface area contributed by atoms with Gasteiger partial charge in [-0.2, -0.15) is 0 Å². The fourth-order valence-corrected chi connectivity index (χ4v) is 3.60. The van der Waals surface area contributed by atoms with Crippen LogP contribution >= 0.6 is 11.3 Å². The predicted molar refractivity (Wildman–Crippen MR) is 101 cm³/mol. The lowest BCUT2D eigenvalue weighted by Gasteiger charge is -2.19. The van der Waals surface area contributed by atoms with Crippen LogP contribution in [-0.2, 0) is 16.0 Å². The number of urea groups is 1. The van der Waals surface area contributed by atoms with Gasteiger partial charge in [0, 0.05) is 17.1 Å². The van der Waals surface area contributed by atoms with Crippen molar-refractivity contribution in [2.45, 2.75) is 26.3 Å². The fraction of sp³-hybridized carbons (Fsp3) is 0.316. The number of thiophene rings is 1. The number of imide groups is 1. The molecule has 1 fully saturated rings. The maximum absolute atomic E-state index is 12.7. The summed E-state index contributed by atoms with van der Waals surface area (Å²) in [6, 6.07) is 10.3. The Morgan fingerprint density at radius 2 is 1.92 bits per heavy atom. The number of hydrogen-bond donors (Lipinski definition) is 1. The van der Waals surface area contributed by atoms with Crippen LogP contribution in [0.5, 0.6) is 0 Å². The second kappa shape index (κ2) is 7.70. The summed E-state index contributed by atoms with van der Waals surface area (Å²) in [5.41, 5.74) is 1.73. The van der Waals surface area contributed by atoms with Crippen LogP contribution < -0.4 is 10.2 Å². The summed E-state index contributed by atoms with van der Waals surface area (Å²) in [6.07, 6.45) is 0.733. The van der Waals surface area contributed by atoms with Crippen LogP contribution in [0.15, 0.2) is 41.8 Å². The van der Waals surface area contributed by atoms with E-state index in [1.165, 1.54) is 9.78 Å². The Hall–Kier alpha value is -2.67. The van der Waals surface area contributed by atoms with Crippen molar-refractivity contribution in [1.82, 2.24) is 10.2 Å². The Labute approximate surface area is 156 Å². The maximum atomic E-state index is 12.7. The zero-order chi connectivity index (χ0) is 18.7. The van der Waals surface area contributed by atoms with Gasteiger partial charge in [-0.25, -0.2) is 4.79 Å². The number of anilines is 1. The van der Waals surface area contributed by atoms with Crippen LogP contribution in [0.3, 0.4) is 0 Å². The Balaban J connectivity index is 1.60. The van der Waals surface area contributed by atoms with Crippen molar-refractivity contribution in [2.24, 2.45) is 0 Å². The molecule has 4 amide bonds. The van der Waals surface area contributed by atoms with E-state index in [0.717, 1.165) is 16.9 Å². The lowest BCUT2D eigenvalue weighted by Crippen LogP contribution is -2.42. The van der Waals surface area contributed by atoms with Crippen LogP contribution in [0.2, 0.25) is 0 Å². The molecular weight excluding hydrogens is 350 g/mol. The van der Waals surface area contributed by atoms with Crippen molar-refractivity contribution in [2.75, 3.05) is 18.0 Å². The van der Waals surface area contributed by atoms with Crippen molar-refractivity contribution in [3.63, 3.8) is 0 Å². The smallest absolute Gasteiger partial charge is 0.332 e. The van der Waals surface area contributed by atoms with E-state index in [-0.39, 0.29) is 18.4 Å². The summed E-state index contributed by atoms with van der Waals surface area (Å²) in [5, 5.41) is 4.75. The van der Waals surface area contributed by atoms with Gasteiger partial charge in [0.05, 0.1) is 0 Å². The Morgan fingerprint density at radius 1 is 1.19 bits per heavy atom. The second-order valence-electron chi connectivity index (χ2n) is 6.27. The second-order valence-corrected chi connectivity index (χ2v) is 7.30. The van der Waals surface area contributed by atoms with E-state index in [1.54, 1.807) is 18.3 Å². The molecule has 1 aliphatic rings. The minimum atomic E-state index is -0.621. The van der Waals surface area contributed by atoms with Gasteiger partial charge in [0.25, 0.3) is 5.91 Å². The van der Waals surface area contributed by atoms with Gasteiger partial charge in [0.1, 0.15) is 12.6 Å². The molecule has 0 saturated carbocycles. The molecule has 3 rings (SSSR count). The molecule has 0 unspecified atom stereocenters. The summed E-state index contributed by atoms with van der Waals surface area (Å²) >= 11 is 1.63. The highest BCUT2D eigenvalue weighted by Crippen LogP contribution is 2.25. The van der Waals surface area contributed by atoms with E-state index in [0.29, 0.717) is 12.2 Å². The minimum absolute atomic E-state index is 0.255. The van der Waals surface area contributed by atoms with Gasteiger partial charge in [0.2, 0.25) is 5.91 Å². The summed E-state index contributed by atoms with van der Waals surface area (Å²) in [4.78, 5) is 40.9. The number of rotatable bonds is 6. The Kier molecular flexibility index (Phi) is 5.37. The number of hydrogen-bond acceptors (Lipinski definition) is 4. The Morgan fingerprint density at radius 3 is 2.58 bits per heavy atom. The number of nitrogens with zero attached hydrogens (tertiary/aromatic N) is 2. The lowest BCUT2D eigenvalue weighted by molar-refractivity contribution is -0.131. The SMILES string of the molecule is Cc1ccc(N2C(=O)N(CC(=O)NCCc3cccs3)C(=O)[C@H]2C)cc1. The first-order valence-electron chi connectivity index (χ1n) is 8.47. The van der Waals surface area contributed by atoms with E-state index in [1.807, 2.05) is 48.7 Å². The van der Waals surface area contributed by atoms with Crippen molar-refractivity contribution < 1.29 is 14.4 Å². The average molecular weight is 371 g/mol. The van der Waals surface area contributed by atoms with E-state index in [9.17, 15) is 14.4 Å². The zero-order valence-corrected chi connectivity index (χ0v) is 15.6. The molecule has 6 nitrogen and oxygen atoms in total. The first-order valence-corrected chi connectivity index (χ1v) is 9.35. The van der Waals surface area contributed by atoms with Crippen LogP contribution in [-0.4, -0.2) is 41.9 Å². The normalized spacial score (nSPS) is 17.1. The first kappa shape index (κ1) is 18.1. The molecule has 0 bridgehead atoms. The maximum Gasteiger partial charge on any atom is 0.332 e. The summed E-state index contributed by atoms with van der Waals surface area (Å²) in [5.74, 6) is -0.690. The molecule has 1 atom stereocenters. The van der Waals surface area contributed by atoms with Crippen LogP contribution in [0, 0.1) is 6.92 Å². The number of carbonyl (C=O) groups excluding carboxylic acids is 3. The van der Waals surface area contributed by atoms with Crippen LogP contribution in [0.1, 0.15) is 17.4 Å². The third kappa shape index (κ3) is 3.77. The highest BCUT2D eigenvalue weighted by atomic mass is 32.1. The quantitative estimate of drug-likeness (QED) is 0.794. The molecule has 26 heavy (non-hydrogen) atoms. The average Bonchev–Trinajstić information content (AvgIpc) is 3.20. The molecular formula is C19H21N3O3S. The van der Waals surface area contributed by atoms with E-state index >= 15 is 0 Å². The van der Waals surface area contributed by atoms with E-state index < -0.39 is 12.1 Å². The lowest BCUT2D eigenvalue weighted by atomic mass is 10.2. The number of benzene rings is 1. The van der Waals surface area contributed by atoms with Gasteiger partial charge in [-0.05, 0) is 43.8 Å². The van der Waals surface area contributed by atoms with Crippen molar-refractivity contribution in [3.05, 3.63) is 52.2 Å². The standard InChI is InChI=1S/C19H21N3O3S/c1-13-5-7-15(8-6-13)22-14(2)18(24)21(19(22)25)12-17(23)20-10-9-16-4-3-11-26-16/h3-8,11,14H,9-10,12H2,1-2H3,(H,20,23)/t14-/m1/s1. The van der Waals surface area contributed by atoms with Crippen molar-refractivity contribution >= 4 is 34.9 Å². The monoisotopic (exact) mass is 371 g/mol. The molecule has 1 aromatic carbocycles. The third-order valence-corrected chi connectivity index (χ3v) is 5.27. The van der Waals surface area contributed by atoms with Crippen molar-refractivity contribution in [1.29, 1.82) is 0 Å².